The molecule has 0 fully saturated rings. The molecule has 0 spiro atoms. The number of hydrogen-bond donors (Lipinski definition) is 1. The quantitative estimate of drug-likeness (QED) is 0.546. The third-order valence-corrected chi connectivity index (χ3v) is 2.28. The molecule has 0 aromatic carbocycles. The summed E-state index contributed by atoms with van der Waals surface area (Å²) < 4.78 is 0. The summed E-state index contributed by atoms with van der Waals surface area (Å²) in [6.07, 6.45) is 1.80. The molecule has 0 saturated heterocycles. The maximum absolute atomic E-state index is 10.7. The normalized spacial score (nSPS) is 16.0. The molecule has 0 bridgehead atoms. The molecule has 12 heavy (non-hydrogen) atoms. The molecule has 3 heteroatoms. The first-order chi connectivity index (χ1) is 5.25. The lowest BCUT2D eigenvalue weighted by Crippen LogP contribution is -2.38. The van der Waals surface area contributed by atoms with Gasteiger partial charge in [-0.3, -0.25) is 4.79 Å². The van der Waals surface area contributed by atoms with E-state index in [-0.39, 0.29) is 11.5 Å². The number of carbonyl (C=O) groups is 1. The molecule has 0 aliphatic carbocycles. The van der Waals surface area contributed by atoms with E-state index in [4.69, 9.17) is 17.3 Å². The minimum absolute atomic E-state index is 0.139. The molecule has 1 atom stereocenters. The smallest absolute Gasteiger partial charge is 0.247 e. The number of nitrogens with two attached hydrogens (primary N) is 1. The van der Waals surface area contributed by atoms with E-state index in [0.29, 0.717) is 5.57 Å². The van der Waals surface area contributed by atoms with Crippen molar-refractivity contribution in [3.8, 4) is 0 Å². The second-order valence-electron chi connectivity index (χ2n) is 3.73. The minimum Gasteiger partial charge on any atom is -0.325 e. The Hall–Kier alpha value is -0.340. The molecule has 0 aromatic heterocycles. The molecule has 0 amide bonds. The van der Waals surface area contributed by atoms with Gasteiger partial charge in [0.15, 0.2) is 0 Å². The van der Waals surface area contributed by atoms with Gasteiger partial charge < -0.3 is 5.73 Å². The van der Waals surface area contributed by atoms with E-state index in [1.807, 2.05) is 20.8 Å². The number of hydrogen-bond acceptors (Lipinski definition) is 2. The molecule has 2 nitrogen and oxygen atoms in total. The SMILES string of the molecule is CC(=CC(C)C(C)(C)N)C(=O)Cl. The summed E-state index contributed by atoms with van der Waals surface area (Å²) in [5.74, 6) is 0.139. The minimum atomic E-state index is -0.411. The predicted octanol–water partition coefficient (Wildman–Crippen LogP) is 2.07. The number of rotatable bonds is 3. The fourth-order valence-corrected chi connectivity index (χ4v) is 0.718. The van der Waals surface area contributed by atoms with Crippen LogP contribution in [-0.2, 0) is 4.79 Å². The molecule has 0 aliphatic heterocycles. The van der Waals surface area contributed by atoms with Gasteiger partial charge in [-0.05, 0) is 38.3 Å². The summed E-state index contributed by atoms with van der Waals surface area (Å²) >= 11 is 5.27. The van der Waals surface area contributed by atoms with Gasteiger partial charge in [0.2, 0.25) is 5.24 Å². The summed E-state index contributed by atoms with van der Waals surface area (Å²) in [6, 6.07) is 0. The molecule has 0 rings (SSSR count). The van der Waals surface area contributed by atoms with Crippen molar-refractivity contribution in [1.82, 2.24) is 0 Å². The van der Waals surface area contributed by atoms with Crippen molar-refractivity contribution in [1.29, 1.82) is 0 Å². The first-order valence-electron chi connectivity index (χ1n) is 3.92. The first kappa shape index (κ1) is 11.7. The number of allylic oxidation sites excluding steroid dienone is 1. The Labute approximate surface area is 78.8 Å². The zero-order valence-corrected chi connectivity index (χ0v) is 8.77. The zero-order chi connectivity index (χ0) is 9.94. The molecular formula is C9H16ClNO. The fourth-order valence-electron chi connectivity index (χ4n) is 0.655. The van der Waals surface area contributed by atoms with E-state index in [1.54, 1.807) is 13.0 Å². The van der Waals surface area contributed by atoms with E-state index in [2.05, 4.69) is 0 Å². The lowest BCUT2D eigenvalue weighted by atomic mass is 9.89. The van der Waals surface area contributed by atoms with Crippen molar-refractivity contribution in [2.24, 2.45) is 11.7 Å². The zero-order valence-electron chi connectivity index (χ0n) is 8.02. The summed E-state index contributed by atoms with van der Waals surface area (Å²) in [5.41, 5.74) is 6.07. The van der Waals surface area contributed by atoms with Crippen LogP contribution in [0.3, 0.4) is 0 Å². The lowest BCUT2D eigenvalue weighted by Gasteiger charge is -2.24. The van der Waals surface area contributed by atoms with Crippen LogP contribution in [0.4, 0.5) is 0 Å². The van der Waals surface area contributed by atoms with Crippen LogP contribution in [-0.4, -0.2) is 10.8 Å². The first-order valence-corrected chi connectivity index (χ1v) is 4.30. The van der Waals surface area contributed by atoms with Crippen molar-refractivity contribution < 1.29 is 4.79 Å². The van der Waals surface area contributed by atoms with Crippen LogP contribution in [0, 0.1) is 5.92 Å². The molecule has 0 aliphatic rings. The van der Waals surface area contributed by atoms with Gasteiger partial charge in [0, 0.05) is 11.1 Å². The molecular weight excluding hydrogens is 174 g/mol. The molecule has 2 N–H and O–H groups in total. The topological polar surface area (TPSA) is 43.1 Å². The predicted molar refractivity (Wildman–Crippen MR) is 52.0 cm³/mol. The van der Waals surface area contributed by atoms with Gasteiger partial charge in [0.05, 0.1) is 0 Å². The Morgan fingerprint density at radius 1 is 1.58 bits per heavy atom. The van der Waals surface area contributed by atoms with Crippen LogP contribution in [0.2, 0.25) is 0 Å². The molecule has 0 saturated carbocycles. The number of carbonyl (C=O) groups excluding carboxylic acids is 1. The third-order valence-electron chi connectivity index (χ3n) is 1.98. The van der Waals surface area contributed by atoms with Crippen molar-refractivity contribution in [3.05, 3.63) is 11.6 Å². The fraction of sp³-hybridized carbons (Fsp3) is 0.667. The van der Waals surface area contributed by atoms with Crippen LogP contribution >= 0.6 is 11.6 Å². The van der Waals surface area contributed by atoms with Gasteiger partial charge in [-0.1, -0.05) is 13.0 Å². The Morgan fingerprint density at radius 2 is 2.00 bits per heavy atom. The van der Waals surface area contributed by atoms with Gasteiger partial charge in [0.1, 0.15) is 0 Å². The Bertz CT molecular complexity index is 203. The molecule has 0 aromatic rings. The van der Waals surface area contributed by atoms with Gasteiger partial charge in [0.25, 0.3) is 0 Å². The van der Waals surface area contributed by atoms with Gasteiger partial charge in [-0.25, -0.2) is 0 Å². The highest BCUT2D eigenvalue weighted by molar-refractivity contribution is 6.67. The summed E-state index contributed by atoms with van der Waals surface area (Å²) in [4.78, 5) is 10.7. The summed E-state index contributed by atoms with van der Waals surface area (Å²) in [7, 11) is 0. The largest absolute Gasteiger partial charge is 0.325 e. The Morgan fingerprint density at radius 3 is 2.25 bits per heavy atom. The van der Waals surface area contributed by atoms with E-state index in [0.717, 1.165) is 0 Å². The number of halogens is 1. The Kier molecular flexibility index (Phi) is 3.94. The molecule has 1 unspecified atom stereocenters. The van der Waals surface area contributed by atoms with Crippen LogP contribution in [0.1, 0.15) is 27.7 Å². The third kappa shape index (κ3) is 3.88. The van der Waals surface area contributed by atoms with Crippen LogP contribution in [0.5, 0.6) is 0 Å². The summed E-state index contributed by atoms with van der Waals surface area (Å²) in [5, 5.41) is -0.411. The monoisotopic (exact) mass is 189 g/mol. The highest BCUT2D eigenvalue weighted by Crippen LogP contribution is 2.16. The molecule has 0 radical (unpaired) electrons. The van der Waals surface area contributed by atoms with Gasteiger partial charge in [-0.15, -0.1) is 0 Å². The average molecular weight is 190 g/mol. The van der Waals surface area contributed by atoms with Crippen molar-refractivity contribution in [2.45, 2.75) is 33.2 Å². The van der Waals surface area contributed by atoms with Crippen LogP contribution in [0.15, 0.2) is 11.6 Å². The van der Waals surface area contributed by atoms with Crippen molar-refractivity contribution in [2.75, 3.05) is 0 Å². The lowest BCUT2D eigenvalue weighted by molar-refractivity contribution is -0.108. The van der Waals surface area contributed by atoms with Crippen LogP contribution in [0.25, 0.3) is 0 Å². The molecule has 70 valence electrons. The second-order valence-corrected chi connectivity index (χ2v) is 4.08. The van der Waals surface area contributed by atoms with Gasteiger partial charge in [-0.2, -0.15) is 0 Å². The highest BCUT2D eigenvalue weighted by Gasteiger charge is 2.18. The van der Waals surface area contributed by atoms with Crippen molar-refractivity contribution in [3.63, 3.8) is 0 Å². The maximum Gasteiger partial charge on any atom is 0.247 e. The molecule has 0 heterocycles. The van der Waals surface area contributed by atoms with Crippen LogP contribution < -0.4 is 5.73 Å². The highest BCUT2D eigenvalue weighted by atomic mass is 35.5. The van der Waals surface area contributed by atoms with E-state index in [9.17, 15) is 4.79 Å². The average Bonchev–Trinajstić information content (AvgIpc) is 1.85. The standard InChI is InChI=1S/C9H16ClNO/c1-6(8(10)12)5-7(2)9(3,4)11/h5,7H,11H2,1-4H3. The Balaban J connectivity index is 4.44. The second kappa shape index (κ2) is 4.06. The van der Waals surface area contributed by atoms with E-state index in [1.165, 1.54) is 0 Å². The van der Waals surface area contributed by atoms with E-state index < -0.39 is 5.24 Å². The summed E-state index contributed by atoms with van der Waals surface area (Å²) in [6.45, 7) is 7.49. The van der Waals surface area contributed by atoms with Gasteiger partial charge >= 0.3 is 0 Å². The van der Waals surface area contributed by atoms with Crippen molar-refractivity contribution >= 4 is 16.8 Å². The maximum atomic E-state index is 10.7. The van der Waals surface area contributed by atoms with E-state index >= 15 is 0 Å².